The Morgan fingerprint density at radius 3 is 2.48 bits per heavy atom. The number of carboxylic acid groups (broad SMARTS) is 1. The van der Waals surface area contributed by atoms with Crippen LogP contribution in [0.25, 0.3) is 0 Å². The zero-order chi connectivity index (χ0) is 15.5. The Morgan fingerprint density at radius 1 is 1.29 bits per heavy atom. The van der Waals surface area contributed by atoms with Crippen LogP contribution in [0.2, 0.25) is 0 Å². The summed E-state index contributed by atoms with van der Waals surface area (Å²) in [6, 6.07) is 7.11. The van der Waals surface area contributed by atoms with Crippen LogP contribution in [0.1, 0.15) is 37.0 Å². The van der Waals surface area contributed by atoms with Gasteiger partial charge in [-0.3, -0.25) is 4.79 Å². The van der Waals surface area contributed by atoms with Gasteiger partial charge in [0.2, 0.25) is 0 Å². The minimum Gasteiger partial charge on any atom is -0.487 e. The largest absolute Gasteiger partial charge is 0.487 e. The number of benzene rings is 1. The second-order valence-electron chi connectivity index (χ2n) is 5.90. The average Bonchev–Trinajstić information content (AvgIpc) is 2.86. The summed E-state index contributed by atoms with van der Waals surface area (Å²) in [5.74, 6) is -0.115. The van der Waals surface area contributed by atoms with Crippen LogP contribution in [0.5, 0.6) is 5.75 Å². The van der Waals surface area contributed by atoms with Crippen molar-refractivity contribution in [1.29, 1.82) is 0 Å². The van der Waals surface area contributed by atoms with Crippen molar-refractivity contribution in [2.45, 2.75) is 39.2 Å². The van der Waals surface area contributed by atoms with Crippen molar-refractivity contribution in [3.63, 3.8) is 0 Å². The van der Waals surface area contributed by atoms with E-state index in [1.54, 1.807) is 35.6 Å². The third kappa shape index (κ3) is 4.56. The highest BCUT2D eigenvalue weighted by molar-refractivity contribution is 7.09. The number of carbonyl (C=O) groups is 1. The molecule has 1 aromatic heterocycles. The molecule has 0 aliphatic heterocycles. The summed E-state index contributed by atoms with van der Waals surface area (Å²) in [6.45, 7) is 6.83. The summed E-state index contributed by atoms with van der Waals surface area (Å²) in [6.07, 6.45) is 0.0291. The molecule has 0 saturated carbocycles. The van der Waals surface area contributed by atoms with Crippen molar-refractivity contribution in [1.82, 2.24) is 4.98 Å². The molecule has 2 aromatic rings. The summed E-state index contributed by atoms with van der Waals surface area (Å²) in [5, 5.41) is 11.8. The summed E-state index contributed by atoms with van der Waals surface area (Å²) in [7, 11) is 0. The summed E-state index contributed by atoms with van der Waals surface area (Å²) in [4.78, 5) is 15.2. The van der Waals surface area contributed by atoms with Crippen molar-refractivity contribution in [3.8, 4) is 5.75 Å². The fourth-order valence-corrected chi connectivity index (χ4v) is 2.65. The number of hydrogen-bond donors (Lipinski definition) is 1. The minimum atomic E-state index is -0.833. The molecule has 1 aromatic carbocycles. The maximum Gasteiger partial charge on any atom is 0.307 e. The normalized spacial score (nSPS) is 11.4. The molecule has 0 bridgehead atoms. The number of thiazole rings is 1. The molecule has 0 radical (unpaired) electrons. The van der Waals surface area contributed by atoms with Crippen molar-refractivity contribution < 1.29 is 14.6 Å². The van der Waals surface area contributed by atoms with Gasteiger partial charge in [-0.15, -0.1) is 11.3 Å². The van der Waals surface area contributed by atoms with E-state index in [0.29, 0.717) is 6.61 Å². The zero-order valence-corrected chi connectivity index (χ0v) is 13.2. The van der Waals surface area contributed by atoms with Gasteiger partial charge in [0.15, 0.2) is 0 Å². The second kappa shape index (κ2) is 6.26. The lowest BCUT2D eigenvalue weighted by atomic mass is 9.98. The maximum absolute atomic E-state index is 10.6. The number of aromatic nitrogens is 1. The zero-order valence-electron chi connectivity index (χ0n) is 12.4. The van der Waals surface area contributed by atoms with Crippen molar-refractivity contribution in [2.75, 3.05) is 0 Å². The minimum absolute atomic E-state index is 0.0291. The van der Waals surface area contributed by atoms with Gasteiger partial charge in [0.1, 0.15) is 12.4 Å². The first kappa shape index (κ1) is 15.5. The van der Waals surface area contributed by atoms with E-state index < -0.39 is 5.97 Å². The molecule has 0 aliphatic rings. The fraction of sp³-hybridized carbons (Fsp3) is 0.375. The molecule has 21 heavy (non-hydrogen) atoms. The molecule has 0 fully saturated rings. The number of rotatable bonds is 5. The Morgan fingerprint density at radius 2 is 1.95 bits per heavy atom. The van der Waals surface area contributed by atoms with Crippen molar-refractivity contribution in [2.24, 2.45) is 0 Å². The number of ether oxygens (including phenoxy) is 1. The third-order valence-electron chi connectivity index (χ3n) is 2.86. The Bertz CT molecular complexity index is 611. The van der Waals surface area contributed by atoms with Gasteiger partial charge in [-0.1, -0.05) is 32.9 Å². The van der Waals surface area contributed by atoms with Crippen LogP contribution in [0.3, 0.4) is 0 Å². The molecule has 0 amide bonds. The third-order valence-corrected chi connectivity index (χ3v) is 4.18. The second-order valence-corrected chi connectivity index (χ2v) is 6.76. The quantitative estimate of drug-likeness (QED) is 0.916. The molecule has 5 heteroatoms. The van der Waals surface area contributed by atoms with Crippen LogP contribution >= 0.6 is 11.3 Å². The van der Waals surface area contributed by atoms with E-state index in [2.05, 4.69) is 25.8 Å². The maximum atomic E-state index is 10.6. The van der Waals surface area contributed by atoms with Gasteiger partial charge < -0.3 is 9.84 Å². The first-order valence-corrected chi connectivity index (χ1v) is 7.61. The number of aliphatic carboxylic acids is 1. The van der Waals surface area contributed by atoms with E-state index in [1.165, 1.54) is 0 Å². The summed E-state index contributed by atoms with van der Waals surface area (Å²) < 4.78 is 5.67. The molecule has 0 aliphatic carbocycles. The van der Waals surface area contributed by atoms with Gasteiger partial charge in [-0.2, -0.15) is 0 Å². The van der Waals surface area contributed by atoms with E-state index >= 15 is 0 Å². The van der Waals surface area contributed by atoms with Gasteiger partial charge in [0.25, 0.3) is 0 Å². The molecule has 0 unspecified atom stereocenters. The highest BCUT2D eigenvalue weighted by Crippen LogP contribution is 2.26. The van der Waals surface area contributed by atoms with Crippen LogP contribution in [-0.4, -0.2) is 16.1 Å². The molecule has 0 atom stereocenters. The molecule has 0 spiro atoms. The molecule has 1 N–H and O–H groups in total. The van der Waals surface area contributed by atoms with Gasteiger partial charge in [0.05, 0.1) is 17.1 Å². The lowest BCUT2D eigenvalue weighted by molar-refractivity contribution is -0.136. The molecule has 2 rings (SSSR count). The molecular formula is C16H19NO3S. The van der Waals surface area contributed by atoms with Gasteiger partial charge in [0, 0.05) is 10.8 Å². The average molecular weight is 305 g/mol. The predicted molar refractivity (Wildman–Crippen MR) is 82.9 cm³/mol. The smallest absolute Gasteiger partial charge is 0.307 e. The lowest BCUT2D eigenvalue weighted by Crippen LogP contribution is -2.10. The van der Waals surface area contributed by atoms with Gasteiger partial charge in [-0.25, -0.2) is 4.98 Å². The lowest BCUT2D eigenvalue weighted by Gasteiger charge is -2.13. The predicted octanol–water partition coefficient (Wildman–Crippen LogP) is 3.65. The Hall–Kier alpha value is -1.88. The molecule has 112 valence electrons. The van der Waals surface area contributed by atoms with Crippen LogP contribution in [0, 0.1) is 0 Å². The Kier molecular flexibility index (Phi) is 4.63. The van der Waals surface area contributed by atoms with Crippen LogP contribution < -0.4 is 4.74 Å². The van der Waals surface area contributed by atoms with E-state index in [1.807, 2.05) is 5.38 Å². The van der Waals surface area contributed by atoms with Gasteiger partial charge >= 0.3 is 5.97 Å². The Balaban J connectivity index is 1.94. The first-order valence-electron chi connectivity index (χ1n) is 6.73. The SMILES string of the molecule is CC(C)(C)c1nc(COc2ccc(CC(=O)O)cc2)cs1. The number of nitrogens with zero attached hydrogens (tertiary/aromatic N) is 1. The molecular weight excluding hydrogens is 286 g/mol. The van der Waals surface area contributed by atoms with Crippen molar-refractivity contribution >= 4 is 17.3 Å². The summed E-state index contributed by atoms with van der Waals surface area (Å²) in [5.41, 5.74) is 1.74. The Labute approximate surface area is 128 Å². The molecule has 4 nitrogen and oxygen atoms in total. The monoisotopic (exact) mass is 305 g/mol. The topological polar surface area (TPSA) is 59.4 Å². The van der Waals surface area contributed by atoms with E-state index in [9.17, 15) is 4.79 Å². The standard InChI is InChI=1S/C16H19NO3S/c1-16(2,3)15-17-12(10-21-15)9-20-13-6-4-11(5-7-13)8-14(18)19/h4-7,10H,8-9H2,1-3H3,(H,18,19). The highest BCUT2D eigenvalue weighted by atomic mass is 32.1. The van der Waals surface area contributed by atoms with E-state index in [0.717, 1.165) is 22.0 Å². The number of carboxylic acids is 1. The molecule has 0 saturated heterocycles. The molecule has 1 heterocycles. The van der Waals surface area contributed by atoms with Crippen LogP contribution in [-0.2, 0) is 23.2 Å². The van der Waals surface area contributed by atoms with Crippen molar-refractivity contribution in [3.05, 3.63) is 45.9 Å². The number of hydrogen-bond acceptors (Lipinski definition) is 4. The van der Waals surface area contributed by atoms with Crippen LogP contribution in [0.4, 0.5) is 0 Å². The highest BCUT2D eigenvalue weighted by Gasteiger charge is 2.17. The van der Waals surface area contributed by atoms with E-state index in [4.69, 9.17) is 9.84 Å². The fourth-order valence-electron chi connectivity index (χ4n) is 1.75. The van der Waals surface area contributed by atoms with Gasteiger partial charge in [-0.05, 0) is 17.7 Å². The van der Waals surface area contributed by atoms with E-state index in [-0.39, 0.29) is 11.8 Å². The van der Waals surface area contributed by atoms with Crippen LogP contribution in [0.15, 0.2) is 29.6 Å². The first-order chi connectivity index (χ1) is 9.84. The summed E-state index contributed by atoms with van der Waals surface area (Å²) >= 11 is 1.64.